The van der Waals surface area contributed by atoms with Crippen molar-refractivity contribution in [1.29, 1.82) is 0 Å². The third-order valence-electron chi connectivity index (χ3n) is 4.57. The van der Waals surface area contributed by atoms with E-state index < -0.39 is 11.5 Å². The van der Waals surface area contributed by atoms with E-state index >= 15 is 0 Å². The van der Waals surface area contributed by atoms with Crippen LogP contribution in [0.25, 0.3) is 0 Å². The first kappa shape index (κ1) is 15.0. The molecule has 0 aliphatic carbocycles. The van der Waals surface area contributed by atoms with Gasteiger partial charge in [0.15, 0.2) is 5.60 Å². The van der Waals surface area contributed by atoms with Gasteiger partial charge >= 0.3 is 0 Å². The number of primary amides is 1. The molecule has 1 amide bonds. The van der Waals surface area contributed by atoms with E-state index in [1.54, 1.807) is 6.33 Å². The van der Waals surface area contributed by atoms with Gasteiger partial charge in [-0.15, -0.1) is 0 Å². The molecule has 2 aliphatic rings. The third-order valence-corrected chi connectivity index (χ3v) is 4.57. The van der Waals surface area contributed by atoms with Crippen molar-refractivity contribution in [3.8, 4) is 0 Å². The lowest BCUT2D eigenvalue weighted by atomic mass is 9.92. The molecule has 0 bridgehead atoms. The van der Waals surface area contributed by atoms with Crippen molar-refractivity contribution < 1.29 is 9.90 Å². The van der Waals surface area contributed by atoms with Crippen molar-refractivity contribution >= 4 is 17.5 Å². The van der Waals surface area contributed by atoms with E-state index in [1.165, 1.54) is 19.3 Å². The molecule has 3 rings (SSSR count). The topological polar surface area (TPSA) is 95.6 Å². The first-order valence-electron chi connectivity index (χ1n) is 7.93. The zero-order valence-electron chi connectivity index (χ0n) is 12.7. The van der Waals surface area contributed by atoms with Crippen molar-refractivity contribution in [2.75, 3.05) is 36.0 Å². The molecular weight excluding hydrogens is 282 g/mol. The molecule has 1 atom stereocenters. The number of aliphatic hydroxyl groups is 1. The van der Waals surface area contributed by atoms with Crippen LogP contribution in [0.2, 0.25) is 0 Å². The highest BCUT2D eigenvalue weighted by Gasteiger charge is 2.39. The molecule has 0 spiro atoms. The summed E-state index contributed by atoms with van der Waals surface area (Å²) in [5.41, 5.74) is 3.87. The lowest BCUT2D eigenvalue weighted by molar-refractivity contribution is -0.137. The van der Waals surface area contributed by atoms with Gasteiger partial charge in [-0.2, -0.15) is 0 Å². The van der Waals surface area contributed by atoms with Gasteiger partial charge in [0.25, 0.3) is 5.91 Å². The summed E-state index contributed by atoms with van der Waals surface area (Å²) >= 11 is 0. The first-order valence-corrected chi connectivity index (χ1v) is 7.93. The van der Waals surface area contributed by atoms with E-state index in [-0.39, 0.29) is 6.54 Å². The predicted octanol–water partition coefficient (Wildman–Crippen LogP) is 0.283. The molecule has 2 saturated heterocycles. The SMILES string of the molecule is NC(=O)C1(O)CCCN(c2cc(N3CCCCC3)ncn2)C1. The smallest absolute Gasteiger partial charge is 0.251 e. The third kappa shape index (κ3) is 2.99. The van der Waals surface area contributed by atoms with Crippen LogP contribution in [-0.4, -0.2) is 52.8 Å². The van der Waals surface area contributed by atoms with Gasteiger partial charge < -0.3 is 20.6 Å². The molecule has 0 aromatic carbocycles. The maximum atomic E-state index is 11.5. The number of amides is 1. The molecule has 3 N–H and O–H groups in total. The zero-order valence-corrected chi connectivity index (χ0v) is 12.7. The highest BCUT2D eigenvalue weighted by Crippen LogP contribution is 2.27. The molecule has 0 saturated carbocycles. The quantitative estimate of drug-likeness (QED) is 0.833. The number of anilines is 2. The number of piperidine rings is 2. The monoisotopic (exact) mass is 305 g/mol. The van der Waals surface area contributed by atoms with Crippen LogP contribution in [0.1, 0.15) is 32.1 Å². The Morgan fingerprint density at radius 1 is 1.09 bits per heavy atom. The van der Waals surface area contributed by atoms with Crippen LogP contribution in [-0.2, 0) is 4.79 Å². The van der Waals surface area contributed by atoms with Crippen molar-refractivity contribution in [2.45, 2.75) is 37.7 Å². The molecule has 1 aromatic rings. The minimum absolute atomic E-state index is 0.193. The number of carbonyl (C=O) groups excluding carboxylic acids is 1. The lowest BCUT2D eigenvalue weighted by Crippen LogP contribution is -2.56. The van der Waals surface area contributed by atoms with E-state index in [0.29, 0.717) is 12.8 Å². The van der Waals surface area contributed by atoms with Crippen LogP contribution in [0.3, 0.4) is 0 Å². The molecule has 7 nitrogen and oxygen atoms in total. The maximum Gasteiger partial charge on any atom is 0.251 e. The molecule has 120 valence electrons. The number of hydrogen-bond donors (Lipinski definition) is 2. The van der Waals surface area contributed by atoms with Gasteiger partial charge in [-0.1, -0.05) is 0 Å². The summed E-state index contributed by atoms with van der Waals surface area (Å²) in [5, 5.41) is 10.3. The van der Waals surface area contributed by atoms with Gasteiger partial charge in [-0.05, 0) is 32.1 Å². The average Bonchev–Trinajstić information content (AvgIpc) is 2.56. The molecule has 0 radical (unpaired) electrons. The summed E-state index contributed by atoms with van der Waals surface area (Å²) in [6.45, 7) is 2.98. The van der Waals surface area contributed by atoms with Crippen molar-refractivity contribution in [2.24, 2.45) is 5.73 Å². The van der Waals surface area contributed by atoms with Gasteiger partial charge in [0, 0.05) is 25.7 Å². The van der Waals surface area contributed by atoms with Crippen molar-refractivity contribution in [3.05, 3.63) is 12.4 Å². The largest absolute Gasteiger partial charge is 0.378 e. The van der Waals surface area contributed by atoms with Gasteiger partial charge in [-0.3, -0.25) is 4.79 Å². The number of nitrogens with zero attached hydrogens (tertiary/aromatic N) is 4. The molecule has 2 fully saturated rings. The van der Waals surface area contributed by atoms with Gasteiger partial charge in [0.1, 0.15) is 18.0 Å². The van der Waals surface area contributed by atoms with Crippen molar-refractivity contribution in [1.82, 2.24) is 9.97 Å². The first-order chi connectivity index (χ1) is 10.6. The Balaban J connectivity index is 1.78. The second-order valence-electron chi connectivity index (χ2n) is 6.20. The second-order valence-corrected chi connectivity index (χ2v) is 6.20. The van der Waals surface area contributed by atoms with Gasteiger partial charge in [-0.25, -0.2) is 9.97 Å². The van der Waals surface area contributed by atoms with E-state index in [2.05, 4.69) is 14.9 Å². The fraction of sp³-hybridized carbons (Fsp3) is 0.667. The van der Waals surface area contributed by atoms with Gasteiger partial charge in [0.2, 0.25) is 0 Å². The van der Waals surface area contributed by atoms with Crippen molar-refractivity contribution in [3.63, 3.8) is 0 Å². The number of rotatable bonds is 3. The number of nitrogens with two attached hydrogens (primary N) is 1. The van der Waals surface area contributed by atoms with Crippen LogP contribution in [0.4, 0.5) is 11.6 Å². The van der Waals surface area contributed by atoms with Crippen LogP contribution in [0.15, 0.2) is 12.4 Å². The second kappa shape index (κ2) is 6.08. The highest BCUT2D eigenvalue weighted by molar-refractivity contribution is 5.84. The molecule has 1 unspecified atom stereocenters. The lowest BCUT2D eigenvalue weighted by Gasteiger charge is -2.38. The number of hydrogen-bond acceptors (Lipinski definition) is 6. The Morgan fingerprint density at radius 2 is 1.73 bits per heavy atom. The normalized spacial score (nSPS) is 26.0. The standard InChI is InChI=1S/C15H23N5O2/c16-14(21)15(22)5-4-8-20(10-15)13-9-12(17-11-18-13)19-6-2-1-3-7-19/h9,11,22H,1-8,10H2,(H2,16,21). The van der Waals surface area contributed by atoms with E-state index in [4.69, 9.17) is 5.73 Å². The molecule has 3 heterocycles. The number of aromatic nitrogens is 2. The van der Waals surface area contributed by atoms with Crippen LogP contribution in [0.5, 0.6) is 0 Å². The van der Waals surface area contributed by atoms with Crippen LogP contribution >= 0.6 is 0 Å². The Labute approximate surface area is 130 Å². The molecule has 22 heavy (non-hydrogen) atoms. The maximum absolute atomic E-state index is 11.5. The fourth-order valence-electron chi connectivity index (χ4n) is 3.24. The Hall–Kier alpha value is -1.89. The molecule has 1 aromatic heterocycles. The Kier molecular flexibility index (Phi) is 4.15. The van der Waals surface area contributed by atoms with E-state index in [9.17, 15) is 9.90 Å². The zero-order chi connectivity index (χ0) is 15.6. The summed E-state index contributed by atoms with van der Waals surface area (Å²) in [5.74, 6) is 0.996. The molecule has 7 heteroatoms. The summed E-state index contributed by atoms with van der Waals surface area (Å²) in [6.07, 6.45) is 6.31. The van der Waals surface area contributed by atoms with E-state index in [1.807, 2.05) is 11.0 Å². The fourth-order valence-corrected chi connectivity index (χ4v) is 3.24. The minimum atomic E-state index is -1.46. The summed E-state index contributed by atoms with van der Waals surface area (Å²) in [7, 11) is 0. The minimum Gasteiger partial charge on any atom is -0.378 e. The van der Waals surface area contributed by atoms with Gasteiger partial charge in [0.05, 0.1) is 6.54 Å². The summed E-state index contributed by atoms with van der Waals surface area (Å²) in [6, 6.07) is 1.94. The molecule has 2 aliphatic heterocycles. The summed E-state index contributed by atoms with van der Waals surface area (Å²) in [4.78, 5) is 24.3. The Bertz CT molecular complexity index is 546. The van der Waals surface area contributed by atoms with Crippen LogP contribution < -0.4 is 15.5 Å². The summed E-state index contributed by atoms with van der Waals surface area (Å²) < 4.78 is 0. The number of β-amino-alcohol motifs (C(OH)–C–C–N with tert-alkyl or cyclic N) is 1. The van der Waals surface area contributed by atoms with E-state index in [0.717, 1.165) is 31.3 Å². The number of carbonyl (C=O) groups is 1. The molecular formula is C15H23N5O2. The predicted molar refractivity (Wildman–Crippen MR) is 83.7 cm³/mol. The Morgan fingerprint density at radius 3 is 2.41 bits per heavy atom. The average molecular weight is 305 g/mol. The van der Waals surface area contributed by atoms with Crippen LogP contribution in [0, 0.1) is 0 Å². The highest BCUT2D eigenvalue weighted by atomic mass is 16.3.